The van der Waals surface area contributed by atoms with E-state index in [1.54, 1.807) is 0 Å². The maximum absolute atomic E-state index is 11.7. The van der Waals surface area contributed by atoms with E-state index in [4.69, 9.17) is 5.41 Å². The van der Waals surface area contributed by atoms with Crippen molar-refractivity contribution in [1.29, 1.82) is 5.41 Å². The molecule has 0 saturated heterocycles. The van der Waals surface area contributed by atoms with Gasteiger partial charge in [0.15, 0.2) is 5.96 Å². The SMILES string of the molecule is Cc1cccc(C)c1NC(=O)NC(=N)NC1CC1. The molecule has 0 atom stereocenters. The molecule has 1 aromatic carbocycles. The van der Waals surface area contributed by atoms with Crippen LogP contribution in [0.25, 0.3) is 0 Å². The molecule has 18 heavy (non-hydrogen) atoms. The molecule has 1 saturated carbocycles. The second kappa shape index (κ2) is 5.08. The van der Waals surface area contributed by atoms with Gasteiger partial charge in [0.05, 0.1) is 0 Å². The van der Waals surface area contributed by atoms with E-state index in [9.17, 15) is 4.79 Å². The molecule has 0 bridgehead atoms. The number of nitrogens with one attached hydrogen (secondary N) is 4. The number of hydrogen-bond donors (Lipinski definition) is 4. The monoisotopic (exact) mass is 246 g/mol. The third kappa shape index (κ3) is 3.23. The van der Waals surface area contributed by atoms with Crippen molar-refractivity contribution in [2.24, 2.45) is 0 Å². The summed E-state index contributed by atoms with van der Waals surface area (Å²) in [6.45, 7) is 3.88. The molecule has 4 N–H and O–H groups in total. The second-order valence-corrected chi connectivity index (χ2v) is 4.64. The first-order valence-corrected chi connectivity index (χ1v) is 6.05. The van der Waals surface area contributed by atoms with Crippen LogP contribution in [0.3, 0.4) is 0 Å². The summed E-state index contributed by atoms with van der Waals surface area (Å²) in [6, 6.07) is 5.81. The Balaban J connectivity index is 1.91. The number of carbonyl (C=O) groups excluding carboxylic acids is 1. The highest BCUT2D eigenvalue weighted by atomic mass is 16.2. The van der Waals surface area contributed by atoms with Crippen LogP contribution in [0.15, 0.2) is 18.2 Å². The summed E-state index contributed by atoms with van der Waals surface area (Å²) in [5.41, 5.74) is 2.81. The lowest BCUT2D eigenvalue weighted by Gasteiger charge is -2.13. The predicted octanol–water partition coefficient (Wildman–Crippen LogP) is 2.11. The second-order valence-electron chi connectivity index (χ2n) is 4.64. The van der Waals surface area contributed by atoms with Gasteiger partial charge in [-0.25, -0.2) is 4.79 Å². The van der Waals surface area contributed by atoms with Gasteiger partial charge in [0.2, 0.25) is 0 Å². The van der Waals surface area contributed by atoms with Gasteiger partial charge in [-0.3, -0.25) is 10.7 Å². The molecule has 0 radical (unpaired) electrons. The molecule has 5 nitrogen and oxygen atoms in total. The molecule has 0 spiro atoms. The highest BCUT2D eigenvalue weighted by molar-refractivity contribution is 6.02. The number of rotatable bonds is 2. The molecule has 1 fully saturated rings. The summed E-state index contributed by atoms with van der Waals surface area (Å²) in [5, 5.41) is 15.7. The van der Waals surface area contributed by atoms with E-state index in [1.165, 1.54) is 0 Å². The van der Waals surface area contributed by atoms with Crippen LogP contribution >= 0.6 is 0 Å². The smallest absolute Gasteiger partial charge is 0.326 e. The highest BCUT2D eigenvalue weighted by Gasteiger charge is 2.22. The number of anilines is 1. The molecule has 1 aliphatic rings. The van der Waals surface area contributed by atoms with Gasteiger partial charge < -0.3 is 10.6 Å². The van der Waals surface area contributed by atoms with Crippen molar-refractivity contribution in [3.8, 4) is 0 Å². The zero-order chi connectivity index (χ0) is 13.1. The molecule has 0 aliphatic heterocycles. The fourth-order valence-corrected chi connectivity index (χ4v) is 1.74. The lowest BCUT2D eigenvalue weighted by molar-refractivity contribution is 0.255. The van der Waals surface area contributed by atoms with E-state index in [0.29, 0.717) is 6.04 Å². The minimum Gasteiger partial charge on any atom is -0.353 e. The van der Waals surface area contributed by atoms with Gasteiger partial charge in [0.1, 0.15) is 0 Å². The number of hydrogen-bond acceptors (Lipinski definition) is 2. The van der Waals surface area contributed by atoms with Crippen LogP contribution in [0.1, 0.15) is 24.0 Å². The molecule has 1 aliphatic carbocycles. The fourth-order valence-electron chi connectivity index (χ4n) is 1.74. The number of guanidine groups is 1. The maximum atomic E-state index is 11.7. The van der Waals surface area contributed by atoms with Crippen LogP contribution in [-0.4, -0.2) is 18.0 Å². The van der Waals surface area contributed by atoms with Crippen molar-refractivity contribution >= 4 is 17.7 Å². The first kappa shape index (κ1) is 12.4. The Morgan fingerprint density at radius 1 is 1.28 bits per heavy atom. The molecule has 1 aromatic rings. The third-order valence-corrected chi connectivity index (χ3v) is 2.88. The Morgan fingerprint density at radius 2 is 1.89 bits per heavy atom. The van der Waals surface area contributed by atoms with Crippen molar-refractivity contribution in [2.45, 2.75) is 32.7 Å². The minimum absolute atomic E-state index is 0.0567. The molecule has 0 aromatic heterocycles. The first-order valence-electron chi connectivity index (χ1n) is 6.05. The van der Waals surface area contributed by atoms with Gasteiger partial charge in [-0.05, 0) is 37.8 Å². The zero-order valence-electron chi connectivity index (χ0n) is 10.6. The van der Waals surface area contributed by atoms with Crippen molar-refractivity contribution in [2.75, 3.05) is 5.32 Å². The summed E-state index contributed by atoms with van der Waals surface area (Å²) in [5.74, 6) is 0.0567. The third-order valence-electron chi connectivity index (χ3n) is 2.88. The van der Waals surface area contributed by atoms with Crippen LogP contribution < -0.4 is 16.0 Å². The zero-order valence-corrected chi connectivity index (χ0v) is 10.6. The largest absolute Gasteiger partial charge is 0.353 e. The van der Waals surface area contributed by atoms with Crippen LogP contribution in [0.5, 0.6) is 0 Å². The summed E-state index contributed by atoms with van der Waals surface area (Å²) in [4.78, 5) is 11.7. The standard InChI is InChI=1S/C13H18N4O/c1-8-4-3-5-9(2)11(8)16-13(18)17-12(14)15-10-6-7-10/h3-5,10H,6-7H2,1-2H3,(H4,14,15,16,17,18). The number of aryl methyl sites for hydroxylation is 2. The first-order chi connectivity index (χ1) is 8.56. The molecule has 2 amide bonds. The van der Waals surface area contributed by atoms with Gasteiger partial charge in [-0.1, -0.05) is 18.2 Å². The average Bonchev–Trinajstić information content (AvgIpc) is 3.07. The predicted molar refractivity (Wildman–Crippen MR) is 72.0 cm³/mol. The van der Waals surface area contributed by atoms with Crippen LogP contribution in [0.4, 0.5) is 10.5 Å². The summed E-state index contributed by atoms with van der Waals surface area (Å²) in [6.07, 6.45) is 2.14. The maximum Gasteiger partial charge on any atom is 0.326 e. The van der Waals surface area contributed by atoms with Crippen LogP contribution in [0.2, 0.25) is 0 Å². The number of para-hydroxylation sites is 1. The van der Waals surface area contributed by atoms with Crippen molar-refractivity contribution in [1.82, 2.24) is 10.6 Å². The van der Waals surface area contributed by atoms with E-state index in [0.717, 1.165) is 29.7 Å². The van der Waals surface area contributed by atoms with Gasteiger partial charge in [-0.2, -0.15) is 0 Å². The minimum atomic E-state index is -0.384. The van der Waals surface area contributed by atoms with Gasteiger partial charge >= 0.3 is 6.03 Å². The Bertz CT molecular complexity index is 460. The number of carbonyl (C=O) groups is 1. The van der Waals surface area contributed by atoms with E-state index in [2.05, 4.69) is 16.0 Å². The molecular weight excluding hydrogens is 228 g/mol. The van der Waals surface area contributed by atoms with Gasteiger partial charge in [0.25, 0.3) is 0 Å². The van der Waals surface area contributed by atoms with Crippen molar-refractivity contribution < 1.29 is 4.79 Å². The van der Waals surface area contributed by atoms with E-state index in [1.807, 2.05) is 32.0 Å². The Labute approximate surface area is 106 Å². The molecule has 2 rings (SSSR count). The molecule has 0 unspecified atom stereocenters. The average molecular weight is 246 g/mol. The van der Waals surface area contributed by atoms with Crippen LogP contribution in [0, 0.1) is 19.3 Å². The quantitative estimate of drug-likeness (QED) is 0.476. The number of benzene rings is 1. The van der Waals surface area contributed by atoms with Gasteiger partial charge in [0, 0.05) is 11.7 Å². The summed E-state index contributed by atoms with van der Waals surface area (Å²) in [7, 11) is 0. The van der Waals surface area contributed by atoms with Crippen molar-refractivity contribution in [3.63, 3.8) is 0 Å². The number of urea groups is 1. The Kier molecular flexibility index (Phi) is 3.50. The fraction of sp³-hybridized carbons (Fsp3) is 0.385. The van der Waals surface area contributed by atoms with E-state index in [-0.39, 0.29) is 12.0 Å². The molecule has 0 heterocycles. The van der Waals surface area contributed by atoms with Crippen molar-refractivity contribution in [3.05, 3.63) is 29.3 Å². The lowest BCUT2D eigenvalue weighted by atomic mass is 10.1. The van der Waals surface area contributed by atoms with E-state index < -0.39 is 0 Å². The lowest BCUT2D eigenvalue weighted by Crippen LogP contribution is -2.43. The molecule has 5 heteroatoms. The van der Waals surface area contributed by atoms with Crippen LogP contribution in [-0.2, 0) is 0 Å². The Hall–Kier alpha value is -2.04. The Morgan fingerprint density at radius 3 is 2.44 bits per heavy atom. The molecule has 96 valence electrons. The van der Waals surface area contributed by atoms with E-state index >= 15 is 0 Å². The molecular formula is C13H18N4O. The summed E-state index contributed by atoms with van der Waals surface area (Å²) >= 11 is 0. The highest BCUT2D eigenvalue weighted by Crippen LogP contribution is 2.19. The van der Waals surface area contributed by atoms with Gasteiger partial charge in [-0.15, -0.1) is 0 Å². The topological polar surface area (TPSA) is 77.0 Å². The summed E-state index contributed by atoms with van der Waals surface area (Å²) < 4.78 is 0. The number of amides is 2. The normalized spacial score (nSPS) is 13.9.